The van der Waals surface area contributed by atoms with E-state index in [4.69, 9.17) is 0 Å². The summed E-state index contributed by atoms with van der Waals surface area (Å²) < 4.78 is 2.39. The van der Waals surface area contributed by atoms with Gasteiger partial charge in [-0.2, -0.15) is 0 Å². The highest BCUT2D eigenvalue weighted by Gasteiger charge is 1.92. The van der Waals surface area contributed by atoms with Crippen molar-refractivity contribution in [2.24, 2.45) is 0 Å². The zero-order chi connectivity index (χ0) is 9.38. The molecule has 0 radical (unpaired) electrons. The molecule has 0 aromatic carbocycles. The molecule has 1 aliphatic rings. The number of thiazole rings is 2. The predicted molar refractivity (Wildman–Crippen MR) is 60.6 cm³/mol. The van der Waals surface area contributed by atoms with E-state index >= 15 is 0 Å². The quantitative estimate of drug-likeness (QED) is 0.592. The van der Waals surface area contributed by atoms with Crippen molar-refractivity contribution in [3.63, 3.8) is 0 Å². The third-order valence-corrected chi connectivity index (χ3v) is 3.65. The van der Waals surface area contributed by atoms with Gasteiger partial charge >= 0.3 is 0 Å². The number of aromatic nitrogens is 2. The summed E-state index contributed by atoms with van der Waals surface area (Å²) in [7, 11) is 0. The molecule has 0 saturated heterocycles. The molecule has 2 nitrogen and oxygen atoms in total. The van der Waals surface area contributed by atoms with Crippen LogP contribution in [0.25, 0.3) is 24.3 Å². The lowest BCUT2D eigenvalue weighted by Crippen LogP contribution is -2.26. The van der Waals surface area contributed by atoms with Crippen LogP contribution in [0.2, 0.25) is 0 Å². The fourth-order valence-electron chi connectivity index (χ4n) is 1.34. The molecule has 0 atom stereocenters. The highest BCUT2D eigenvalue weighted by Crippen LogP contribution is 1.83. The minimum absolute atomic E-state index is 1.05. The van der Waals surface area contributed by atoms with Crippen LogP contribution in [0.4, 0.5) is 0 Å². The summed E-state index contributed by atoms with van der Waals surface area (Å²) in [5.41, 5.74) is 3.73. The zero-order valence-corrected chi connectivity index (χ0v) is 8.81. The molecule has 2 aromatic rings. The standard InChI is InChI=1S/C10H6N2S2/c1-3-9-8(12-6-13-9)2-4-10-7(1)11-5-14-10/h1-6H/b3-1?,4-2?,7-1+,8-2+,9-3+,10-4+. The maximum Gasteiger partial charge on any atom is 0.0812 e. The average Bonchev–Trinajstić information content (AvgIpc) is 2.75. The van der Waals surface area contributed by atoms with Crippen molar-refractivity contribution in [2.45, 2.75) is 0 Å². The highest BCUT2D eigenvalue weighted by molar-refractivity contribution is 7.07. The van der Waals surface area contributed by atoms with E-state index in [1.165, 1.54) is 9.06 Å². The lowest BCUT2D eigenvalue weighted by atomic mass is 10.3. The maximum absolute atomic E-state index is 4.28. The Hall–Kier alpha value is -1.26. The van der Waals surface area contributed by atoms with Gasteiger partial charge in [0.1, 0.15) is 0 Å². The highest BCUT2D eigenvalue weighted by atomic mass is 32.1. The summed E-state index contributed by atoms with van der Waals surface area (Å²) in [5, 5.41) is 2.09. The fourth-order valence-corrected chi connectivity index (χ4v) is 2.67. The first kappa shape index (κ1) is 8.08. The second-order valence-electron chi connectivity index (χ2n) is 2.87. The SMILES string of the molecule is C1=c2/ncs/c2=C/C=c2/ncs/c2=C/1. The zero-order valence-electron chi connectivity index (χ0n) is 7.18. The van der Waals surface area contributed by atoms with Crippen LogP contribution in [0, 0.1) is 0 Å². The van der Waals surface area contributed by atoms with E-state index < -0.39 is 0 Å². The van der Waals surface area contributed by atoms with Crippen molar-refractivity contribution in [1.29, 1.82) is 0 Å². The van der Waals surface area contributed by atoms with Crippen molar-refractivity contribution >= 4 is 47.0 Å². The molecular formula is C10H6N2S2. The predicted octanol–water partition coefficient (Wildman–Crippen LogP) is -0.565. The first-order valence-electron chi connectivity index (χ1n) is 4.16. The third-order valence-electron chi connectivity index (χ3n) is 2.03. The van der Waals surface area contributed by atoms with Crippen molar-refractivity contribution in [3.05, 3.63) is 30.8 Å². The lowest BCUT2D eigenvalue weighted by molar-refractivity contribution is 1.31. The maximum atomic E-state index is 4.28. The summed E-state index contributed by atoms with van der Waals surface area (Å²) in [5.74, 6) is 0. The largest absolute Gasteiger partial charge is 0.245 e. The first-order valence-corrected chi connectivity index (χ1v) is 5.92. The monoisotopic (exact) mass is 218 g/mol. The molecule has 0 bridgehead atoms. The van der Waals surface area contributed by atoms with Crippen LogP contribution in [-0.2, 0) is 0 Å². The molecule has 0 fully saturated rings. The average molecular weight is 218 g/mol. The van der Waals surface area contributed by atoms with Gasteiger partial charge < -0.3 is 0 Å². The Morgan fingerprint density at radius 1 is 0.714 bits per heavy atom. The molecule has 0 unspecified atom stereocenters. The van der Waals surface area contributed by atoms with Crippen LogP contribution >= 0.6 is 22.7 Å². The van der Waals surface area contributed by atoms with Gasteiger partial charge in [-0.1, -0.05) is 0 Å². The van der Waals surface area contributed by atoms with Crippen molar-refractivity contribution < 1.29 is 0 Å². The number of rotatable bonds is 0. The van der Waals surface area contributed by atoms with Crippen LogP contribution in [0.3, 0.4) is 0 Å². The molecule has 2 heterocycles. The first-order chi connectivity index (χ1) is 6.93. The van der Waals surface area contributed by atoms with Crippen LogP contribution in [-0.4, -0.2) is 9.97 Å². The van der Waals surface area contributed by atoms with Gasteiger partial charge in [-0.25, -0.2) is 9.97 Å². The van der Waals surface area contributed by atoms with Crippen molar-refractivity contribution in [2.75, 3.05) is 0 Å². The van der Waals surface area contributed by atoms with Gasteiger partial charge in [0.15, 0.2) is 0 Å². The van der Waals surface area contributed by atoms with E-state index in [2.05, 4.69) is 22.1 Å². The van der Waals surface area contributed by atoms with Crippen LogP contribution in [0.5, 0.6) is 0 Å². The Balaban J connectivity index is 2.50. The van der Waals surface area contributed by atoms with E-state index in [-0.39, 0.29) is 0 Å². The number of hydrogen-bond donors (Lipinski definition) is 0. The minimum Gasteiger partial charge on any atom is -0.245 e. The van der Waals surface area contributed by atoms with Gasteiger partial charge in [-0.05, 0) is 24.3 Å². The van der Waals surface area contributed by atoms with Crippen LogP contribution in [0.1, 0.15) is 0 Å². The molecule has 1 aliphatic carbocycles. The normalized spacial score (nSPS) is 22.9. The second kappa shape index (κ2) is 3.15. The molecule has 0 N–H and O–H groups in total. The van der Waals surface area contributed by atoms with Gasteiger partial charge in [0, 0.05) is 0 Å². The number of nitrogens with zero attached hydrogens (tertiary/aromatic N) is 2. The van der Waals surface area contributed by atoms with Crippen LogP contribution < -0.4 is 19.8 Å². The van der Waals surface area contributed by atoms with E-state index in [1.807, 2.05) is 23.2 Å². The number of hydrogen-bond acceptors (Lipinski definition) is 4. The Morgan fingerprint density at radius 3 is 1.71 bits per heavy atom. The minimum atomic E-state index is 1.05. The van der Waals surface area contributed by atoms with Gasteiger partial charge in [-0.3, -0.25) is 0 Å². The molecule has 14 heavy (non-hydrogen) atoms. The molecule has 4 heteroatoms. The molecule has 68 valence electrons. The molecule has 3 rings (SSSR count). The van der Waals surface area contributed by atoms with Gasteiger partial charge in [-0.15, -0.1) is 22.7 Å². The summed E-state index contributed by atoms with van der Waals surface area (Å²) >= 11 is 3.30. The molecule has 0 aliphatic heterocycles. The van der Waals surface area contributed by atoms with E-state index in [0.29, 0.717) is 0 Å². The van der Waals surface area contributed by atoms with E-state index in [9.17, 15) is 0 Å². The smallest absolute Gasteiger partial charge is 0.0812 e. The summed E-state index contributed by atoms with van der Waals surface area (Å²) in [6, 6.07) is 0. The van der Waals surface area contributed by atoms with Crippen molar-refractivity contribution in [3.8, 4) is 0 Å². The number of fused-ring (bicyclic) bond motifs is 2. The molecule has 2 aromatic heterocycles. The van der Waals surface area contributed by atoms with Gasteiger partial charge in [0.25, 0.3) is 0 Å². The summed E-state index contributed by atoms with van der Waals surface area (Å²) in [4.78, 5) is 8.56. The molecule has 0 spiro atoms. The third kappa shape index (κ3) is 1.23. The summed E-state index contributed by atoms with van der Waals surface area (Å²) in [6.45, 7) is 0. The Bertz CT molecular complexity index is 572. The Labute approximate surface area is 87.9 Å². The summed E-state index contributed by atoms with van der Waals surface area (Å²) in [6.07, 6.45) is 8.25. The van der Waals surface area contributed by atoms with E-state index in [1.54, 1.807) is 22.7 Å². The van der Waals surface area contributed by atoms with Crippen LogP contribution in [0.15, 0.2) is 11.0 Å². The molecule has 0 amide bonds. The molecular weight excluding hydrogens is 212 g/mol. The topological polar surface area (TPSA) is 25.8 Å². The lowest BCUT2D eigenvalue weighted by Gasteiger charge is -1.81. The fraction of sp³-hybridized carbons (Fsp3) is 0. The van der Waals surface area contributed by atoms with Crippen molar-refractivity contribution in [1.82, 2.24) is 9.97 Å². The Morgan fingerprint density at radius 2 is 1.21 bits per heavy atom. The second-order valence-corrected chi connectivity index (χ2v) is 4.64. The van der Waals surface area contributed by atoms with Gasteiger partial charge in [0.05, 0.1) is 30.8 Å². The molecule has 0 saturated carbocycles. The van der Waals surface area contributed by atoms with E-state index in [0.717, 1.165) is 10.7 Å². The van der Waals surface area contributed by atoms with Gasteiger partial charge in [0.2, 0.25) is 0 Å². The Kier molecular flexibility index (Phi) is 1.82.